The van der Waals surface area contributed by atoms with E-state index in [1.165, 1.54) is 16.3 Å². The zero-order valence-electron chi connectivity index (χ0n) is 11.9. The first-order valence-corrected chi connectivity index (χ1v) is 6.75. The molecule has 100 valence electrons. The Balaban J connectivity index is 2.06. The molecule has 2 nitrogen and oxygen atoms in total. The highest BCUT2D eigenvalue weighted by Gasteiger charge is 2.10. The lowest BCUT2D eigenvalue weighted by Crippen LogP contribution is -2.28. The van der Waals surface area contributed by atoms with Crippen LogP contribution in [0.2, 0.25) is 0 Å². The number of benzene rings is 2. The first-order chi connectivity index (χ1) is 9.06. The Kier molecular flexibility index (Phi) is 4.33. The minimum Gasteiger partial charge on any atom is -0.298 e. The monoisotopic (exact) mass is 255 g/mol. The van der Waals surface area contributed by atoms with Gasteiger partial charge in [0.15, 0.2) is 0 Å². The molecule has 0 bridgehead atoms. The molecule has 2 rings (SSSR count). The van der Waals surface area contributed by atoms with Gasteiger partial charge in [-0.1, -0.05) is 50.2 Å². The van der Waals surface area contributed by atoms with Gasteiger partial charge in [-0.15, -0.1) is 0 Å². The maximum atomic E-state index is 11.7. The summed E-state index contributed by atoms with van der Waals surface area (Å²) in [6.45, 7) is 5.23. The molecule has 0 radical (unpaired) electrons. The van der Waals surface area contributed by atoms with Crippen LogP contribution in [-0.2, 0) is 11.3 Å². The predicted octanol–water partition coefficient (Wildman–Crippen LogP) is 3.50. The summed E-state index contributed by atoms with van der Waals surface area (Å²) in [5, 5.41) is 2.51. The molecule has 2 aromatic rings. The average molecular weight is 255 g/mol. The van der Waals surface area contributed by atoms with Crippen molar-refractivity contribution < 1.29 is 4.79 Å². The molecule has 0 aliphatic rings. The summed E-state index contributed by atoms with van der Waals surface area (Å²) in [4.78, 5) is 13.8. The fraction of sp³-hybridized carbons (Fsp3) is 0.353. The minimum atomic E-state index is 0.110. The second-order valence-corrected chi connectivity index (χ2v) is 5.47. The SMILES string of the molecule is CC(C)C(=O)CN(C)Cc1ccc2ccccc2c1. The molecular formula is C17H21NO. The molecule has 0 amide bonds. The van der Waals surface area contributed by atoms with Crippen molar-refractivity contribution in [3.8, 4) is 0 Å². The normalized spacial score (nSPS) is 11.4. The maximum absolute atomic E-state index is 11.7. The van der Waals surface area contributed by atoms with Crippen LogP contribution < -0.4 is 0 Å². The summed E-state index contributed by atoms with van der Waals surface area (Å²) in [6.07, 6.45) is 0. The third kappa shape index (κ3) is 3.65. The Morgan fingerprint density at radius 1 is 1.11 bits per heavy atom. The number of nitrogens with zero attached hydrogens (tertiary/aromatic N) is 1. The summed E-state index contributed by atoms with van der Waals surface area (Å²) < 4.78 is 0. The number of carbonyl (C=O) groups is 1. The number of ketones is 1. The lowest BCUT2D eigenvalue weighted by atomic mass is 10.1. The van der Waals surface area contributed by atoms with Crippen molar-refractivity contribution in [3.05, 3.63) is 48.0 Å². The van der Waals surface area contributed by atoms with Crippen molar-refractivity contribution in [1.29, 1.82) is 0 Å². The van der Waals surface area contributed by atoms with Crippen LogP contribution in [0.4, 0.5) is 0 Å². The van der Waals surface area contributed by atoms with Crippen molar-refractivity contribution in [2.45, 2.75) is 20.4 Å². The molecule has 0 atom stereocenters. The predicted molar refractivity (Wildman–Crippen MR) is 80.1 cm³/mol. The van der Waals surface area contributed by atoms with Crippen molar-refractivity contribution >= 4 is 16.6 Å². The molecule has 2 aromatic carbocycles. The average Bonchev–Trinajstić information content (AvgIpc) is 2.38. The van der Waals surface area contributed by atoms with Gasteiger partial charge < -0.3 is 0 Å². The zero-order chi connectivity index (χ0) is 13.8. The molecule has 0 saturated heterocycles. The van der Waals surface area contributed by atoms with E-state index in [-0.39, 0.29) is 5.92 Å². The molecule has 2 heteroatoms. The molecule has 0 aliphatic carbocycles. The Bertz CT molecular complexity index is 574. The fourth-order valence-corrected chi connectivity index (χ4v) is 2.15. The van der Waals surface area contributed by atoms with Gasteiger partial charge in [0.05, 0.1) is 6.54 Å². The number of likely N-dealkylation sites (N-methyl/N-ethyl adjacent to an activating group) is 1. The Morgan fingerprint density at radius 3 is 2.47 bits per heavy atom. The molecule has 0 heterocycles. The van der Waals surface area contributed by atoms with E-state index in [0.717, 1.165) is 6.54 Å². The highest BCUT2D eigenvalue weighted by molar-refractivity contribution is 5.83. The van der Waals surface area contributed by atoms with Crippen LogP contribution in [0.1, 0.15) is 19.4 Å². The molecule has 0 saturated carbocycles. The van der Waals surface area contributed by atoms with Gasteiger partial charge in [-0.25, -0.2) is 0 Å². The summed E-state index contributed by atoms with van der Waals surface area (Å²) >= 11 is 0. The number of fused-ring (bicyclic) bond motifs is 1. The second-order valence-electron chi connectivity index (χ2n) is 5.47. The Labute approximate surface area is 115 Å². The van der Waals surface area contributed by atoms with Crippen LogP contribution in [-0.4, -0.2) is 24.3 Å². The van der Waals surface area contributed by atoms with E-state index in [1.54, 1.807) is 0 Å². The van der Waals surface area contributed by atoms with Crippen LogP contribution >= 0.6 is 0 Å². The third-order valence-corrected chi connectivity index (χ3v) is 3.34. The summed E-state index contributed by atoms with van der Waals surface area (Å²) in [5.74, 6) is 0.405. The molecule has 0 aliphatic heterocycles. The number of hydrogen-bond acceptors (Lipinski definition) is 2. The van der Waals surface area contributed by atoms with E-state index in [0.29, 0.717) is 12.3 Å². The number of hydrogen-bond donors (Lipinski definition) is 0. The third-order valence-electron chi connectivity index (χ3n) is 3.34. The van der Waals surface area contributed by atoms with Gasteiger partial charge in [-0.05, 0) is 29.4 Å². The van der Waals surface area contributed by atoms with E-state index in [2.05, 4.69) is 47.4 Å². The molecule has 0 aromatic heterocycles. The second kappa shape index (κ2) is 5.98. The molecule has 0 N–H and O–H groups in total. The van der Waals surface area contributed by atoms with Crippen molar-refractivity contribution in [2.24, 2.45) is 5.92 Å². The van der Waals surface area contributed by atoms with Gasteiger partial charge in [-0.3, -0.25) is 9.69 Å². The molecule has 0 spiro atoms. The van der Waals surface area contributed by atoms with E-state index < -0.39 is 0 Å². The largest absolute Gasteiger partial charge is 0.298 e. The first-order valence-electron chi connectivity index (χ1n) is 6.75. The summed E-state index contributed by atoms with van der Waals surface area (Å²) in [5.41, 5.74) is 1.25. The van der Waals surface area contributed by atoms with E-state index in [4.69, 9.17) is 0 Å². The number of rotatable bonds is 5. The maximum Gasteiger partial charge on any atom is 0.149 e. The van der Waals surface area contributed by atoms with Crippen molar-refractivity contribution in [3.63, 3.8) is 0 Å². The lowest BCUT2D eigenvalue weighted by molar-refractivity contribution is -0.122. The van der Waals surface area contributed by atoms with Crippen LogP contribution in [0.3, 0.4) is 0 Å². The van der Waals surface area contributed by atoms with Crippen LogP contribution in [0.5, 0.6) is 0 Å². The lowest BCUT2D eigenvalue weighted by Gasteiger charge is -2.17. The van der Waals surface area contributed by atoms with Gasteiger partial charge in [0.2, 0.25) is 0 Å². The summed E-state index contributed by atoms with van der Waals surface area (Å²) in [6, 6.07) is 14.8. The highest BCUT2D eigenvalue weighted by Crippen LogP contribution is 2.16. The standard InChI is InChI=1S/C17H21NO/c1-13(2)17(19)12-18(3)11-14-8-9-15-6-4-5-7-16(15)10-14/h4-10,13H,11-12H2,1-3H3. The Morgan fingerprint density at radius 2 is 1.79 bits per heavy atom. The van der Waals surface area contributed by atoms with Gasteiger partial charge in [0, 0.05) is 12.5 Å². The first kappa shape index (κ1) is 13.8. The number of carbonyl (C=O) groups excluding carboxylic acids is 1. The van der Waals surface area contributed by atoms with Crippen LogP contribution in [0.25, 0.3) is 10.8 Å². The molecule has 19 heavy (non-hydrogen) atoms. The Hall–Kier alpha value is -1.67. The van der Waals surface area contributed by atoms with Crippen LogP contribution in [0, 0.1) is 5.92 Å². The molecule has 0 fully saturated rings. The molecular weight excluding hydrogens is 234 g/mol. The topological polar surface area (TPSA) is 20.3 Å². The molecule has 0 unspecified atom stereocenters. The summed E-state index contributed by atoms with van der Waals surface area (Å²) in [7, 11) is 2.00. The van der Waals surface area contributed by atoms with Gasteiger partial charge in [0.25, 0.3) is 0 Å². The van der Waals surface area contributed by atoms with E-state index in [9.17, 15) is 4.79 Å². The van der Waals surface area contributed by atoms with Crippen molar-refractivity contribution in [1.82, 2.24) is 4.90 Å². The van der Waals surface area contributed by atoms with E-state index in [1.807, 2.05) is 20.9 Å². The quantitative estimate of drug-likeness (QED) is 0.815. The van der Waals surface area contributed by atoms with Crippen LogP contribution in [0.15, 0.2) is 42.5 Å². The van der Waals surface area contributed by atoms with Gasteiger partial charge >= 0.3 is 0 Å². The van der Waals surface area contributed by atoms with Crippen molar-refractivity contribution in [2.75, 3.05) is 13.6 Å². The van der Waals surface area contributed by atoms with Gasteiger partial charge in [0.1, 0.15) is 5.78 Å². The fourth-order valence-electron chi connectivity index (χ4n) is 2.15. The minimum absolute atomic E-state index is 0.110. The zero-order valence-corrected chi connectivity index (χ0v) is 11.9. The van der Waals surface area contributed by atoms with E-state index >= 15 is 0 Å². The highest BCUT2D eigenvalue weighted by atomic mass is 16.1. The number of Topliss-reactive ketones (excluding diaryl/α,β-unsaturated/α-hetero) is 1. The van der Waals surface area contributed by atoms with Gasteiger partial charge in [-0.2, -0.15) is 0 Å². The smallest absolute Gasteiger partial charge is 0.149 e.